The summed E-state index contributed by atoms with van der Waals surface area (Å²) in [5.41, 5.74) is 5.25. The fourth-order valence-corrected chi connectivity index (χ4v) is 2.81. The summed E-state index contributed by atoms with van der Waals surface area (Å²) in [5.74, 6) is -0.792. The van der Waals surface area contributed by atoms with Crippen molar-refractivity contribution in [1.29, 1.82) is 0 Å². The third-order valence-corrected chi connectivity index (χ3v) is 4.17. The number of hydrogen-bond donors (Lipinski definition) is 2. The standard InChI is InChI=1S/C18H22N4O4/c1-9-13(21-11(3)15(9)17(23)25-5)7-19-20-8-14-10(2)16(12(4)22-14)18(24)26-6/h7-8,21-22H,1-6H3. The van der Waals surface area contributed by atoms with Gasteiger partial charge in [0.15, 0.2) is 0 Å². The molecule has 8 nitrogen and oxygen atoms in total. The van der Waals surface area contributed by atoms with Gasteiger partial charge in [0.1, 0.15) is 0 Å². The number of nitrogens with zero attached hydrogens (tertiary/aromatic N) is 2. The Labute approximate surface area is 151 Å². The number of hydrogen-bond acceptors (Lipinski definition) is 6. The molecule has 0 atom stereocenters. The smallest absolute Gasteiger partial charge is 0.339 e. The largest absolute Gasteiger partial charge is 0.465 e. The van der Waals surface area contributed by atoms with Gasteiger partial charge in [-0.2, -0.15) is 10.2 Å². The molecule has 2 aromatic rings. The molecule has 138 valence electrons. The summed E-state index contributed by atoms with van der Waals surface area (Å²) in [7, 11) is 2.69. The van der Waals surface area contributed by atoms with E-state index >= 15 is 0 Å². The molecular formula is C18H22N4O4. The lowest BCUT2D eigenvalue weighted by Gasteiger charge is -1.98. The van der Waals surface area contributed by atoms with Gasteiger partial charge in [-0.3, -0.25) is 0 Å². The molecule has 0 bridgehead atoms. The number of esters is 2. The zero-order chi connectivity index (χ0) is 19.4. The predicted molar refractivity (Wildman–Crippen MR) is 98.4 cm³/mol. The van der Waals surface area contributed by atoms with E-state index in [9.17, 15) is 9.59 Å². The van der Waals surface area contributed by atoms with Gasteiger partial charge in [-0.15, -0.1) is 0 Å². The summed E-state index contributed by atoms with van der Waals surface area (Å²) >= 11 is 0. The molecular weight excluding hydrogens is 336 g/mol. The van der Waals surface area contributed by atoms with Gasteiger partial charge < -0.3 is 19.4 Å². The Bertz CT molecular complexity index is 829. The minimum absolute atomic E-state index is 0.396. The molecule has 0 aromatic carbocycles. The van der Waals surface area contributed by atoms with Crippen LogP contribution < -0.4 is 0 Å². The van der Waals surface area contributed by atoms with E-state index in [-0.39, 0.29) is 0 Å². The van der Waals surface area contributed by atoms with Crippen molar-refractivity contribution in [1.82, 2.24) is 9.97 Å². The number of aryl methyl sites for hydroxylation is 2. The molecule has 2 aromatic heterocycles. The van der Waals surface area contributed by atoms with E-state index in [0.717, 1.165) is 11.1 Å². The number of methoxy groups -OCH3 is 2. The highest BCUT2D eigenvalue weighted by molar-refractivity contribution is 5.97. The second kappa shape index (κ2) is 7.81. The number of H-pyrrole nitrogens is 2. The first-order valence-corrected chi connectivity index (χ1v) is 7.93. The molecule has 2 N–H and O–H groups in total. The molecule has 0 amide bonds. The van der Waals surface area contributed by atoms with Crippen LogP contribution in [0, 0.1) is 27.7 Å². The first-order valence-electron chi connectivity index (χ1n) is 7.93. The first kappa shape index (κ1) is 19.2. The van der Waals surface area contributed by atoms with E-state index in [4.69, 9.17) is 9.47 Å². The lowest BCUT2D eigenvalue weighted by atomic mass is 10.1. The molecule has 2 heterocycles. The zero-order valence-electron chi connectivity index (χ0n) is 15.7. The van der Waals surface area contributed by atoms with Crippen LogP contribution in [0.4, 0.5) is 0 Å². The Morgan fingerprint density at radius 3 is 1.42 bits per heavy atom. The molecule has 0 saturated carbocycles. The van der Waals surface area contributed by atoms with Crippen LogP contribution in [0.5, 0.6) is 0 Å². The fraction of sp³-hybridized carbons (Fsp3) is 0.333. The average molecular weight is 358 g/mol. The van der Waals surface area contributed by atoms with Crippen molar-refractivity contribution < 1.29 is 19.1 Å². The monoisotopic (exact) mass is 358 g/mol. The lowest BCUT2D eigenvalue weighted by Crippen LogP contribution is -2.03. The maximum absolute atomic E-state index is 11.8. The second-order valence-corrected chi connectivity index (χ2v) is 5.80. The van der Waals surface area contributed by atoms with Gasteiger partial charge in [0, 0.05) is 11.4 Å². The third-order valence-electron chi connectivity index (χ3n) is 4.17. The van der Waals surface area contributed by atoms with Crippen LogP contribution in [-0.2, 0) is 9.47 Å². The summed E-state index contributed by atoms with van der Waals surface area (Å²) in [5, 5.41) is 8.01. The average Bonchev–Trinajstić information content (AvgIpc) is 3.05. The normalized spacial score (nSPS) is 11.5. The lowest BCUT2D eigenvalue weighted by molar-refractivity contribution is 0.0590. The van der Waals surface area contributed by atoms with Crippen LogP contribution in [0.25, 0.3) is 0 Å². The van der Waals surface area contributed by atoms with Gasteiger partial charge in [-0.25, -0.2) is 9.59 Å². The summed E-state index contributed by atoms with van der Waals surface area (Å²) < 4.78 is 9.55. The van der Waals surface area contributed by atoms with Crippen LogP contribution in [0.1, 0.15) is 54.6 Å². The summed E-state index contributed by atoms with van der Waals surface area (Å²) in [6.07, 6.45) is 3.05. The van der Waals surface area contributed by atoms with Gasteiger partial charge in [0.05, 0.1) is 49.2 Å². The van der Waals surface area contributed by atoms with Crippen LogP contribution in [0.3, 0.4) is 0 Å². The molecule has 0 fully saturated rings. The molecule has 8 heteroatoms. The molecule has 0 unspecified atom stereocenters. The van der Waals surface area contributed by atoms with Crippen molar-refractivity contribution in [3.63, 3.8) is 0 Å². The van der Waals surface area contributed by atoms with Crippen molar-refractivity contribution in [3.8, 4) is 0 Å². The van der Waals surface area contributed by atoms with Gasteiger partial charge in [-0.05, 0) is 38.8 Å². The van der Waals surface area contributed by atoms with Crippen molar-refractivity contribution in [2.75, 3.05) is 14.2 Å². The number of carbonyl (C=O) groups excluding carboxylic acids is 2. The number of aromatic amines is 2. The van der Waals surface area contributed by atoms with Gasteiger partial charge in [-0.1, -0.05) is 0 Å². The number of rotatable bonds is 5. The molecule has 0 aliphatic rings. The van der Waals surface area contributed by atoms with E-state index in [1.54, 1.807) is 13.8 Å². The Hall–Kier alpha value is -3.16. The number of aromatic nitrogens is 2. The topological polar surface area (TPSA) is 109 Å². The maximum atomic E-state index is 11.8. The Morgan fingerprint density at radius 2 is 1.12 bits per heavy atom. The summed E-state index contributed by atoms with van der Waals surface area (Å²) in [4.78, 5) is 29.7. The van der Waals surface area contributed by atoms with Crippen LogP contribution in [-0.4, -0.2) is 48.6 Å². The van der Waals surface area contributed by atoms with Crippen LogP contribution in [0.15, 0.2) is 10.2 Å². The SMILES string of the molecule is COC(=O)c1c(C)[nH]c(C=NN=Cc2[nH]c(C)c(C(=O)OC)c2C)c1C. The Balaban J connectivity index is 2.22. The molecule has 2 rings (SSSR count). The molecule has 26 heavy (non-hydrogen) atoms. The van der Waals surface area contributed by atoms with E-state index in [1.807, 2.05) is 13.8 Å². The van der Waals surface area contributed by atoms with Gasteiger partial charge >= 0.3 is 11.9 Å². The molecule has 0 aliphatic carbocycles. The quantitative estimate of drug-likeness (QED) is 0.486. The van der Waals surface area contributed by atoms with Crippen molar-refractivity contribution >= 4 is 24.4 Å². The van der Waals surface area contributed by atoms with E-state index in [0.29, 0.717) is 33.9 Å². The van der Waals surface area contributed by atoms with E-state index in [1.165, 1.54) is 26.6 Å². The predicted octanol–water partition coefficient (Wildman–Crippen LogP) is 2.60. The van der Waals surface area contributed by atoms with E-state index in [2.05, 4.69) is 20.2 Å². The zero-order valence-corrected chi connectivity index (χ0v) is 15.7. The van der Waals surface area contributed by atoms with Crippen LogP contribution in [0.2, 0.25) is 0 Å². The van der Waals surface area contributed by atoms with Gasteiger partial charge in [0.25, 0.3) is 0 Å². The molecule has 0 spiro atoms. The highest BCUT2D eigenvalue weighted by Gasteiger charge is 2.18. The fourth-order valence-electron chi connectivity index (χ4n) is 2.81. The minimum Gasteiger partial charge on any atom is -0.465 e. The van der Waals surface area contributed by atoms with Crippen LogP contribution >= 0.6 is 0 Å². The minimum atomic E-state index is -0.396. The molecule has 0 radical (unpaired) electrons. The maximum Gasteiger partial charge on any atom is 0.339 e. The molecule has 0 saturated heterocycles. The Morgan fingerprint density at radius 1 is 0.769 bits per heavy atom. The summed E-state index contributed by atoms with van der Waals surface area (Å²) in [6.45, 7) is 7.20. The highest BCUT2D eigenvalue weighted by Crippen LogP contribution is 2.18. The van der Waals surface area contributed by atoms with Crippen molar-refractivity contribution in [2.24, 2.45) is 10.2 Å². The number of carbonyl (C=O) groups is 2. The third kappa shape index (κ3) is 3.58. The van der Waals surface area contributed by atoms with Gasteiger partial charge in [0.2, 0.25) is 0 Å². The van der Waals surface area contributed by atoms with E-state index < -0.39 is 11.9 Å². The first-order chi connectivity index (χ1) is 12.3. The van der Waals surface area contributed by atoms with Crippen molar-refractivity contribution in [2.45, 2.75) is 27.7 Å². The number of ether oxygens (including phenoxy) is 2. The summed E-state index contributed by atoms with van der Waals surface area (Å²) in [6, 6.07) is 0. The second-order valence-electron chi connectivity index (χ2n) is 5.80. The molecule has 0 aliphatic heterocycles. The number of nitrogens with one attached hydrogen (secondary N) is 2. The highest BCUT2D eigenvalue weighted by atomic mass is 16.5. The Kier molecular flexibility index (Phi) is 5.76. The van der Waals surface area contributed by atoms with Crippen molar-refractivity contribution in [3.05, 3.63) is 45.0 Å².